The van der Waals surface area contributed by atoms with Gasteiger partial charge >= 0.3 is 0 Å². The van der Waals surface area contributed by atoms with Crippen molar-refractivity contribution in [2.24, 2.45) is 0 Å². The molecule has 6 nitrogen and oxygen atoms in total. The fourth-order valence-electron chi connectivity index (χ4n) is 3.14. The lowest BCUT2D eigenvalue weighted by molar-refractivity contribution is 0.0950. The molecule has 0 radical (unpaired) electrons. The molecule has 2 aromatic heterocycles. The van der Waals surface area contributed by atoms with Gasteiger partial charge in [0.05, 0.1) is 19.0 Å². The van der Waals surface area contributed by atoms with Gasteiger partial charge in [-0.15, -0.1) is 0 Å². The smallest absolute Gasteiger partial charge is 0.256 e. The zero-order chi connectivity index (χ0) is 20.2. The number of halogens is 1. The third kappa shape index (κ3) is 3.75. The minimum atomic E-state index is -0.376. The van der Waals surface area contributed by atoms with Crippen LogP contribution in [0.1, 0.15) is 15.9 Å². The number of hydrogen-bond acceptors (Lipinski definition) is 3. The molecule has 0 aliphatic carbocycles. The summed E-state index contributed by atoms with van der Waals surface area (Å²) in [6.45, 7) is 0.305. The number of nitrogens with zero attached hydrogens (tertiary/aromatic N) is 3. The molecule has 0 aliphatic heterocycles. The van der Waals surface area contributed by atoms with Crippen molar-refractivity contribution in [2.45, 2.75) is 6.54 Å². The average Bonchev–Trinajstić information content (AvgIpc) is 3.41. The molecule has 146 valence electrons. The lowest BCUT2D eigenvalue weighted by Crippen LogP contribution is -2.24. The van der Waals surface area contributed by atoms with Crippen LogP contribution in [0.2, 0.25) is 0 Å². The fourth-order valence-corrected chi connectivity index (χ4v) is 3.14. The third-order valence-electron chi connectivity index (χ3n) is 4.52. The molecule has 0 aliphatic rings. The van der Waals surface area contributed by atoms with E-state index in [1.165, 1.54) is 18.3 Å². The molecule has 2 aromatic carbocycles. The van der Waals surface area contributed by atoms with Gasteiger partial charge in [-0.05, 0) is 36.4 Å². The first kappa shape index (κ1) is 18.5. The van der Waals surface area contributed by atoms with Crippen molar-refractivity contribution in [3.63, 3.8) is 0 Å². The van der Waals surface area contributed by atoms with Crippen LogP contribution >= 0.6 is 0 Å². The highest BCUT2D eigenvalue weighted by Gasteiger charge is 2.20. The van der Waals surface area contributed by atoms with Gasteiger partial charge in [0.25, 0.3) is 5.91 Å². The molecule has 0 bridgehead atoms. The van der Waals surface area contributed by atoms with Crippen molar-refractivity contribution in [3.05, 3.63) is 96.2 Å². The number of benzene rings is 2. The Morgan fingerprint density at radius 2 is 1.90 bits per heavy atom. The molecular formula is C22H19FN4O2. The van der Waals surface area contributed by atoms with Gasteiger partial charge in [0.1, 0.15) is 17.1 Å². The molecule has 7 heteroatoms. The van der Waals surface area contributed by atoms with Gasteiger partial charge in [0, 0.05) is 24.5 Å². The zero-order valence-corrected chi connectivity index (χ0v) is 15.7. The van der Waals surface area contributed by atoms with Crippen LogP contribution in [-0.4, -0.2) is 27.4 Å². The maximum Gasteiger partial charge on any atom is 0.256 e. The molecule has 2 heterocycles. The summed E-state index contributed by atoms with van der Waals surface area (Å²) in [6.07, 6.45) is 5.10. The number of carbonyl (C=O) groups excluding carboxylic acids is 1. The Kier molecular flexibility index (Phi) is 5.11. The molecule has 0 atom stereocenters. The van der Waals surface area contributed by atoms with E-state index < -0.39 is 0 Å². The standard InChI is InChI=1S/C22H19FN4O2/c1-29-20-10-3-2-7-16(20)14-24-21(28)19-15-25-27(18-9-6-8-17(23)13-18)22(19)26-11-4-5-12-26/h2-13,15H,14H2,1H3,(H,24,28). The van der Waals surface area contributed by atoms with Gasteiger partial charge in [-0.2, -0.15) is 5.10 Å². The molecule has 29 heavy (non-hydrogen) atoms. The second kappa shape index (κ2) is 8.02. The summed E-state index contributed by atoms with van der Waals surface area (Å²) in [5.41, 5.74) is 1.77. The number of carbonyl (C=O) groups is 1. The Bertz CT molecular complexity index is 1140. The molecule has 1 N–H and O–H groups in total. The molecule has 4 rings (SSSR count). The van der Waals surface area contributed by atoms with Crippen molar-refractivity contribution >= 4 is 5.91 Å². The SMILES string of the molecule is COc1ccccc1CNC(=O)c1cnn(-c2cccc(F)c2)c1-n1cccc1. The summed E-state index contributed by atoms with van der Waals surface area (Å²) in [5.74, 6) is 0.563. The summed E-state index contributed by atoms with van der Waals surface area (Å²) >= 11 is 0. The Hall–Kier alpha value is -3.87. The van der Waals surface area contributed by atoms with Crippen molar-refractivity contribution in [1.29, 1.82) is 0 Å². The Balaban J connectivity index is 1.68. The van der Waals surface area contributed by atoms with Gasteiger partial charge in [-0.25, -0.2) is 9.07 Å². The number of aromatic nitrogens is 3. The Morgan fingerprint density at radius 1 is 1.10 bits per heavy atom. The van der Waals surface area contributed by atoms with E-state index >= 15 is 0 Å². The lowest BCUT2D eigenvalue weighted by Gasteiger charge is -2.12. The van der Waals surface area contributed by atoms with E-state index in [1.54, 1.807) is 28.5 Å². The number of ether oxygens (including phenoxy) is 1. The highest BCUT2D eigenvalue weighted by molar-refractivity contribution is 5.97. The van der Waals surface area contributed by atoms with Crippen LogP contribution in [0.15, 0.2) is 79.3 Å². The molecular weight excluding hydrogens is 371 g/mol. The zero-order valence-electron chi connectivity index (χ0n) is 15.7. The van der Waals surface area contributed by atoms with Gasteiger partial charge in [-0.1, -0.05) is 24.3 Å². The van der Waals surface area contributed by atoms with E-state index in [0.717, 1.165) is 5.56 Å². The Morgan fingerprint density at radius 3 is 2.66 bits per heavy atom. The van der Waals surface area contributed by atoms with Crippen molar-refractivity contribution in [2.75, 3.05) is 7.11 Å². The minimum Gasteiger partial charge on any atom is -0.496 e. The molecule has 0 saturated heterocycles. The summed E-state index contributed by atoms with van der Waals surface area (Å²) in [6, 6.07) is 17.3. The van der Waals surface area contributed by atoms with Crippen LogP contribution in [0.4, 0.5) is 4.39 Å². The van der Waals surface area contributed by atoms with Crippen LogP contribution in [0, 0.1) is 5.82 Å². The van der Waals surface area contributed by atoms with Gasteiger partial charge in [0.2, 0.25) is 0 Å². The summed E-state index contributed by atoms with van der Waals surface area (Å²) in [4.78, 5) is 13.0. The van der Waals surface area contributed by atoms with Gasteiger partial charge in [-0.3, -0.25) is 4.79 Å². The predicted octanol–water partition coefficient (Wildman–Crippen LogP) is 3.74. The van der Waals surface area contributed by atoms with E-state index in [1.807, 2.05) is 48.8 Å². The quantitative estimate of drug-likeness (QED) is 0.546. The summed E-state index contributed by atoms with van der Waals surface area (Å²) in [5, 5.41) is 7.25. The second-order valence-corrected chi connectivity index (χ2v) is 6.36. The third-order valence-corrected chi connectivity index (χ3v) is 4.52. The minimum absolute atomic E-state index is 0.290. The second-order valence-electron chi connectivity index (χ2n) is 6.36. The van der Waals surface area contributed by atoms with Crippen LogP contribution in [0.5, 0.6) is 5.75 Å². The number of amides is 1. The van der Waals surface area contributed by atoms with Crippen molar-refractivity contribution < 1.29 is 13.9 Å². The van der Waals surface area contributed by atoms with E-state index in [-0.39, 0.29) is 11.7 Å². The first-order valence-corrected chi connectivity index (χ1v) is 9.05. The van der Waals surface area contributed by atoms with E-state index in [0.29, 0.717) is 29.4 Å². The van der Waals surface area contributed by atoms with Crippen LogP contribution in [0.25, 0.3) is 11.5 Å². The van der Waals surface area contributed by atoms with Gasteiger partial charge < -0.3 is 14.6 Å². The summed E-state index contributed by atoms with van der Waals surface area (Å²) in [7, 11) is 1.59. The number of nitrogens with one attached hydrogen (secondary N) is 1. The van der Waals surface area contributed by atoms with Crippen LogP contribution in [0.3, 0.4) is 0 Å². The van der Waals surface area contributed by atoms with E-state index in [4.69, 9.17) is 4.74 Å². The molecule has 0 unspecified atom stereocenters. The van der Waals surface area contributed by atoms with Crippen molar-refractivity contribution in [1.82, 2.24) is 19.7 Å². The number of para-hydroxylation sites is 1. The van der Waals surface area contributed by atoms with E-state index in [9.17, 15) is 9.18 Å². The van der Waals surface area contributed by atoms with Crippen molar-refractivity contribution in [3.8, 4) is 17.3 Å². The molecule has 1 amide bonds. The first-order valence-electron chi connectivity index (χ1n) is 9.05. The lowest BCUT2D eigenvalue weighted by atomic mass is 10.2. The molecule has 0 saturated carbocycles. The largest absolute Gasteiger partial charge is 0.496 e. The van der Waals surface area contributed by atoms with Crippen LogP contribution in [-0.2, 0) is 6.54 Å². The number of rotatable bonds is 6. The van der Waals surface area contributed by atoms with Gasteiger partial charge in [0.15, 0.2) is 5.82 Å². The number of hydrogen-bond donors (Lipinski definition) is 1. The van der Waals surface area contributed by atoms with Crippen LogP contribution < -0.4 is 10.1 Å². The molecule has 0 fully saturated rings. The Labute approximate surface area is 167 Å². The average molecular weight is 390 g/mol. The molecule has 0 spiro atoms. The predicted molar refractivity (Wildman–Crippen MR) is 107 cm³/mol. The normalized spacial score (nSPS) is 10.7. The topological polar surface area (TPSA) is 61.1 Å². The fraction of sp³-hybridized carbons (Fsp3) is 0.0909. The maximum atomic E-state index is 13.7. The highest BCUT2D eigenvalue weighted by atomic mass is 19.1. The summed E-state index contributed by atoms with van der Waals surface area (Å²) < 4.78 is 22.4. The monoisotopic (exact) mass is 390 g/mol. The van der Waals surface area contributed by atoms with E-state index in [2.05, 4.69) is 10.4 Å². The first-order chi connectivity index (χ1) is 14.2. The maximum absolute atomic E-state index is 13.7. The number of methoxy groups -OCH3 is 1. The molecule has 4 aromatic rings. The highest BCUT2D eigenvalue weighted by Crippen LogP contribution is 2.21.